The van der Waals surface area contributed by atoms with Gasteiger partial charge in [-0.15, -0.1) is 0 Å². The molecule has 2 N–H and O–H groups in total. The number of carbonyl (C=O) groups excluding carboxylic acids is 2. The quantitative estimate of drug-likeness (QED) is 0.339. The van der Waals surface area contributed by atoms with Crippen molar-refractivity contribution in [3.8, 4) is 0 Å². The van der Waals surface area contributed by atoms with Crippen LogP contribution in [-0.2, 0) is 16.6 Å². The number of fused-ring (bicyclic) bond motifs is 1. The molecule has 0 aliphatic carbocycles. The molecule has 2 amide bonds. The van der Waals surface area contributed by atoms with Gasteiger partial charge in [-0.05, 0) is 24.1 Å². The highest BCUT2D eigenvalue weighted by Gasteiger charge is 2.22. The minimum atomic E-state index is -0.498. The van der Waals surface area contributed by atoms with Gasteiger partial charge in [-0.1, -0.05) is 78.9 Å². The Morgan fingerprint density at radius 3 is 2.12 bits per heavy atom. The van der Waals surface area contributed by atoms with Crippen LogP contribution >= 0.6 is 0 Å². The lowest BCUT2D eigenvalue weighted by Gasteiger charge is -2.17. The monoisotopic (exact) mass is 438 g/mol. The largest absolute Gasteiger partial charge is 0.347 e. The zero-order chi connectivity index (χ0) is 23.2. The lowest BCUT2D eigenvalue weighted by molar-refractivity contribution is -0.126. The standard InChI is InChI=1S/C27H26N4O2/c1-19-23(22-15-9-10-16-24(22)31(19)2)17-29-30-25(32)18-28-27(33)26(20-11-5-3-6-12-20)21-13-7-4-8-14-21/h3-17,26H,18H2,1-2H3,(H,28,33)(H,30,32)/b29-17+. The lowest BCUT2D eigenvalue weighted by atomic mass is 9.90. The summed E-state index contributed by atoms with van der Waals surface area (Å²) in [6, 6.07) is 27.1. The smallest absolute Gasteiger partial charge is 0.259 e. The molecule has 4 aromatic rings. The first kappa shape index (κ1) is 22.0. The summed E-state index contributed by atoms with van der Waals surface area (Å²) in [5.41, 5.74) is 7.35. The summed E-state index contributed by atoms with van der Waals surface area (Å²) in [6.45, 7) is 1.84. The SMILES string of the molecule is Cc1c(/C=N/NC(=O)CNC(=O)C(c2ccccc2)c2ccccc2)c2ccccc2n1C. The maximum atomic E-state index is 13.0. The molecule has 0 saturated carbocycles. The van der Waals surface area contributed by atoms with E-state index in [9.17, 15) is 9.59 Å². The summed E-state index contributed by atoms with van der Waals surface area (Å²) in [5.74, 6) is -1.13. The van der Waals surface area contributed by atoms with Gasteiger partial charge in [0.25, 0.3) is 5.91 Å². The van der Waals surface area contributed by atoms with Crippen molar-refractivity contribution < 1.29 is 9.59 Å². The van der Waals surface area contributed by atoms with E-state index in [-0.39, 0.29) is 12.5 Å². The van der Waals surface area contributed by atoms with Crippen molar-refractivity contribution in [3.63, 3.8) is 0 Å². The average Bonchev–Trinajstić information content (AvgIpc) is 3.09. The van der Waals surface area contributed by atoms with Crippen molar-refractivity contribution in [1.82, 2.24) is 15.3 Å². The van der Waals surface area contributed by atoms with Gasteiger partial charge in [0.05, 0.1) is 18.7 Å². The molecular weight excluding hydrogens is 412 g/mol. The first-order valence-corrected chi connectivity index (χ1v) is 10.8. The van der Waals surface area contributed by atoms with Crippen LogP contribution in [0.1, 0.15) is 28.3 Å². The van der Waals surface area contributed by atoms with Crippen LogP contribution in [0.4, 0.5) is 0 Å². The highest BCUT2D eigenvalue weighted by molar-refractivity contribution is 6.01. The first-order valence-electron chi connectivity index (χ1n) is 10.8. The Labute approximate surface area is 192 Å². The Bertz CT molecular complexity index is 1250. The number of nitrogens with one attached hydrogen (secondary N) is 2. The Balaban J connectivity index is 1.41. The van der Waals surface area contributed by atoms with E-state index in [0.717, 1.165) is 33.3 Å². The molecule has 0 bridgehead atoms. The summed E-state index contributed by atoms with van der Waals surface area (Å²) in [4.78, 5) is 25.3. The van der Waals surface area contributed by atoms with Crippen molar-refractivity contribution in [2.45, 2.75) is 12.8 Å². The van der Waals surface area contributed by atoms with Crippen LogP contribution < -0.4 is 10.7 Å². The van der Waals surface area contributed by atoms with E-state index < -0.39 is 11.8 Å². The number of amides is 2. The van der Waals surface area contributed by atoms with Crippen LogP contribution in [0.15, 0.2) is 90.0 Å². The molecule has 6 nitrogen and oxygen atoms in total. The highest BCUT2D eigenvalue weighted by atomic mass is 16.2. The minimum Gasteiger partial charge on any atom is -0.347 e. The van der Waals surface area contributed by atoms with Gasteiger partial charge in [0, 0.05) is 29.2 Å². The second-order valence-corrected chi connectivity index (χ2v) is 7.84. The fraction of sp³-hybridized carbons (Fsp3) is 0.148. The molecule has 4 rings (SSSR count). The van der Waals surface area contributed by atoms with Crippen molar-refractivity contribution in [2.75, 3.05) is 6.54 Å². The number of nitrogens with zero attached hydrogens (tertiary/aromatic N) is 2. The molecule has 0 radical (unpaired) electrons. The molecule has 33 heavy (non-hydrogen) atoms. The summed E-state index contributed by atoms with van der Waals surface area (Å²) >= 11 is 0. The van der Waals surface area contributed by atoms with E-state index in [4.69, 9.17) is 0 Å². The van der Waals surface area contributed by atoms with Gasteiger partial charge in [0.1, 0.15) is 0 Å². The molecule has 0 atom stereocenters. The Kier molecular flexibility index (Phi) is 6.64. The predicted molar refractivity (Wildman–Crippen MR) is 131 cm³/mol. The van der Waals surface area contributed by atoms with Crippen LogP contribution in [0, 0.1) is 6.92 Å². The lowest BCUT2D eigenvalue weighted by Crippen LogP contribution is -2.37. The average molecular weight is 439 g/mol. The zero-order valence-electron chi connectivity index (χ0n) is 18.7. The second kappa shape index (κ2) is 9.96. The molecule has 166 valence electrons. The summed E-state index contributed by atoms with van der Waals surface area (Å²) in [6.07, 6.45) is 1.65. The van der Waals surface area contributed by atoms with Crippen LogP contribution in [0.3, 0.4) is 0 Å². The van der Waals surface area contributed by atoms with Crippen molar-refractivity contribution in [1.29, 1.82) is 0 Å². The van der Waals surface area contributed by atoms with E-state index in [1.54, 1.807) is 6.21 Å². The Morgan fingerprint density at radius 2 is 1.48 bits per heavy atom. The van der Waals surface area contributed by atoms with Crippen LogP contribution in [0.2, 0.25) is 0 Å². The van der Waals surface area contributed by atoms with Gasteiger partial charge in [-0.2, -0.15) is 5.10 Å². The van der Waals surface area contributed by atoms with Crippen LogP contribution in [-0.4, -0.2) is 29.1 Å². The van der Waals surface area contributed by atoms with Gasteiger partial charge in [0.2, 0.25) is 5.91 Å². The topological polar surface area (TPSA) is 75.5 Å². The first-order chi connectivity index (χ1) is 16.1. The number of hydrogen-bond donors (Lipinski definition) is 2. The number of carbonyl (C=O) groups is 2. The predicted octanol–water partition coefficient (Wildman–Crippen LogP) is 3.89. The molecule has 0 aliphatic rings. The number of aryl methyl sites for hydroxylation is 1. The molecule has 0 spiro atoms. The molecule has 0 fully saturated rings. The maximum absolute atomic E-state index is 13.0. The Hall–Kier alpha value is -4.19. The molecule has 0 unspecified atom stereocenters. The van der Waals surface area contributed by atoms with E-state index in [2.05, 4.69) is 20.4 Å². The number of hydrogen-bond acceptors (Lipinski definition) is 3. The van der Waals surface area contributed by atoms with Gasteiger partial charge < -0.3 is 9.88 Å². The highest BCUT2D eigenvalue weighted by Crippen LogP contribution is 2.25. The van der Waals surface area contributed by atoms with E-state index in [0.29, 0.717) is 0 Å². The molecule has 0 saturated heterocycles. The van der Waals surface area contributed by atoms with Gasteiger partial charge in [0.15, 0.2) is 0 Å². The fourth-order valence-corrected chi connectivity index (χ4v) is 3.98. The third-order valence-electron chi connectivity index (χ3n) is 5.78. The fourth-order valence-electron chi connectivity index (χ4n) is 3.98. The van der Waals surface area contributed by atoms with E-state index >= 15 is 0 Å². The molecule has 0 aliphatic heterocycles. The molecule has 3 aromatic carbocycles. The van der Waals surface area contributed by atoms with Gasteiger partial charge >= 0.3 is 0 Å². The second-order valence-electron chi connectivity index (χ2n) is 7.84. The van der Waals surface area contributed by atoms with E-state index in [1.807, 2.05) is 98.9 Å². The van der Waals surface area contributed by atoms with Gasteiger partial charge in [-0.3, -0.25) is 9.59 Å². The summed E-state index contributed by atoms with van der Waals surface area (Å²) in [7, 11) is 2.00. The Morgan fingerprint density at radius 1 is 0.909 bits per heavy atom. The number of para-hydroxylation sites is 1. The van der Waals surface area contributed by atoms with Crippen molar-refractivity contribution in [3.05, 3.63) is 107 Å². The molecule has 1 heterocycles. The number of aromatic nitrogens is 1. The molecule has 6 heteroatoms. The molecular formula is C27H26N4O2. The molecule has 1 aromatic heterocycles. The zero-order valence-corrected chi connectivity index (χ0v) is 18.7. The number of benzene rings is 3. The van der Waals surface area contributed by atoms with E-state index in [1.165, 1.54) is 0 Å². The summed E-state index contributed by atoms with van der Waals surface area (Å²) < 4.78 is 2.09. The third-order valence-corrected chi connectivity index (χ3v) is 5.78. The van der Waals surface area contributed by atoms with Gasteiger partial charge in [-0.25, -0.2) is 5.43 Å². The van der Waals surface area contributed by atoms with Crippen LogP contribution in [0.25, 0.3) is 10.9 Å². The number of hydrazone groups is 1. The summed E-state index contributed by atoms with van der Waals surface area (Å²) in [5, 5.41) is 7.93. The van der Waals surface area contributed by atoms with Crippen molar-refractivity contribution in [2.24, 2.45) is 12.1 Å². The van der Waals surface area contributed by atoms with Crippen molar-refractivity contribution >= 4 is 28.9 Å². The minimum absolute atomic E-state index is 0.166. The number of rotatable bonds is 7. The maximum Gasteiger partial charge on any atom is 0.259 e. The normalized spacial score (nSPS) is 11.2. The third kappa shape index (κ3) is 4.85. The van der Waals surface area contributed by atoms with Crippen LogP contribution in [0.5, 0.6) is 0 Å².